The molecule has 200 valence electrons. The maximum atomic E-state index is 13.6. The van der Waals surface area contributed by atoms with E-state index < -0.39 is 5.92 Å². The van der Waals surface area contributed by atoms with Gasteiger partial charge in [0.15, 0.2) is 15.9 Å². The fourth-order valence-corrected chi connectivity index (χ4v) is 6.93. The van der Waals surface area contributed by atoms with Gasteiger partial charge in [-0.1, -0.05) is 70.2 Å². The molecular weight excluding hydrogens is 602 g/mol. The van der Waals surface area contributed by atoms with Crippen LogP contribution in [0.5, 0.6) is 0 Å². The van der Waals surface area contributed by atoms with Crippen LogP contribution >= 0.6 is 39.0 Å². The average molecular weight is 627 g/mol. The van der Waals surface area contributed by atoms with Crippen molar-refractivity contribution in [3.63, 3.8) is 0 Å². The van der Waals surface area contributed by atoms with E-state index in [0.29, 0.717) is 39.5 Å². The number of amides is 1. The second-order valence-electron chi connectivity index (χ2n) is 10.0. The Balaban J connectivity index is 1.48. The molecule has 1 atom stereocenters. The number of nitrogens with one attached hydrogen (secondary N) is 1. The standard InChI is InChI=1S/C26H24BrN7O3S2/c1-13-7-19(33-37-13)30-20(36)12-38-25-32-31-24(39-25)34-17-9-26(2,3)10-18(35)22(17)21(16(11-28)23(34)29)14-5-4-6-15(27)8-14/h4-8,21H,9-10,12,29H2,1-3H3,(H,30,33,36). The van der Waals surface area contributed by atoms with Crippen molar-refractivity contribution in [1.29, 1.82) is 5.26 Å². The minimum Gasteiger partial charge on any atom is -0.384 e. The fourth-order valence-electron chi connectivity index (χ4n) is 4.83. The van der Waals surface area contributed by atoms with Gasteiger partial charge in [-0.05, 0) is 36.5 Å². The molecule has 0 saturated heterocycles. The Morgan fingerprint density at radius 2 is 2.15 bits per heavy atom. The molecule has 39 heavy (non-hydrogen) atoms. The highest BCUT2D eigenvalue weighted by Crippen LogP contribution is 2.50. The van der Waals surface area contributed by atoms with Crippen LogP contribution in [0.25, 0.3) is 0 Å². The van der Waals surface area contributed by atoms with E-state index in [0.717, 1.165) is 15.7 Å². The van der Waals surface area contributed by atoms with Gasteiger partial charge in [-0.2, -0.15) is 5.26 Å². The SMILES string of the molecule is Cc1cc(NC(=O)CSc2nnc(N3C(N)=C(C#N)C(c4cccc(Br)c4)C4=C3CC(C)(C)CC4=O)s2)no1. The maximum Gasteiger partial charge on any atom is 0.236 e. The Labute approximate surface area is 241 Å². The van der Waals surface area contributed by atoms with Gasteiger partial charge in [-0.15, -0.1) is 10.2 Å². The third-order valence-corrected chi connectivity index (χ3v) is 8.91. The first kappa shape index (κ1) is 27.1. The Morgan fingerprint density at radius 3 is 2.85 bits per heavy atom. The number of Topliss-reactive ketones (excluding diaryl/α,β-unsaturated/α-hetero) is 1. The lowest BCUT2D eigenvalue weighted by Gasteiger charge is -2.42. The molecular formula is C26H24BrN7O3S2. The number of thioether (sulfide) groups is 1. The second kappa shape index (κ2) is 10.6. The first-order chi connectivity index (χ1) is 18.6. The monoisotopic (exact) mass is 625 g/mol. The summed E-state index contributed by atoms with van der Waals surface area (Å²) in [6.07, 6.45) is 0.930. The number of benzene rings is 1. The van der Waals surface area contributed by atoms with Crippen molar-refractivity contribution in [2.24, 2.45) is 11.1 Å². The molecule has 2 aromatic heterocycles. The Morgan fingerprint density at radius 1 is 1.36 bits per heavy atom. The minimum atomic E-state index is -0.576. The van der Waals surface area contributed by atoms with Crippen LogP contribution in [-0.2, 0) is 9.59 Å². The van der Waals surface area contributed by atoms with E-state index in [1.807, 2.05) is 38.1 Å². The lowest BCUT2D eigenvalue weighted by Crippen LogP contribution is -2.42. The highest BCUT2D eigenvalue weighted by molar-refractivity contribution is 9.10. The first-order valence-electron chi connectivity index (χ1n) is 12.0. The maximum absolute atomic E-state index is 13.6. The predicted octanol–water partition coefficient (Wildman–Crippen LogP) is 5.27. The minimum absolute atomic E-state index is 0.0182. The van der Waals surface area contributed by atoms with Gasteiger partial charge in [0, 0.05) is 28.2 Å². The summed E-state index contributed by atoms with van der Waals surface area (Å²) in [5, 5.41) is 25.7. The number of hydrogen-bond donors (Lipinski definition) is 2. The molecule has 1 aliphatic carbocycles. The third kappa shape index (κ3) is 5.50. The van der Waals surface area contributed by atoms with Crippen LogP contribution in [0.15, 0.2) is 66.3 Å². The Hall–Kier alpha value is -3.47. The Kier molecular flexibility index (Phi) is 7.37. The number of ketones is 1. The second-order valence-corrected chi connectivity index (χ2v) is 13.1. The number of hydrogen-bond acceptors (Lipinski definition) is 11. The molecule has 1 aliphatic heterocycles. The number of nitrogens with two attached hydrogens (primary N) is 1. The largest absolute Gasteiger partial charge is 0.384 e. The van der Waals surface area contributed by atoms with Gasteiger partial charge in [0.2, 0.25) is 11.0 Å². The number of allylic oxidation sites excluding steroid dienone is 3. The topological polar surface area (TPSA) is 151 Å². The summed E-state index contributed by atoms with van der Waals surface area (Å²) in [5.74, 6) is 0.378. The number of aryl methyl sites for hydroxylation is 1. The summed E-state index contributed by atoms with van der Waals surface area (Å²) in [6, 6.07) is 11.5. The van der Waals surface area contributed by atoms with Gasteiger partial charge in [0.05, 0.1) is 23.3 Å². The molecule has 0 saturated carbocycles. The molecule has 3 heterocycles. The number of carbonyl (C=O) groups excluding carboxylic acids is 2. The predicted molar refractivity (Wildman–Crippen MR) is 152 cm³/mol. The van der Waals surface area contributed by atoms with Crippen molar-refractivity contribution in [1.82, 2.24) is 15.4 Å². The van der Waals surface area contributed by atoms with Crippen LogP contribution < -0.4 is 16.0 Å². The molecule has 1 aromatic carbocycles. The summed E-state index contributed by atoms with van der Waals surface area (Å²) in [4.78, 5) is 27.7. The number of nitrogens with zero attached hydrogens (tertiary/aromatic N) is 5. The molecule has 3 N–H and O–H groups in total. The van der Waals surface area contributed by atoms with E-state index in [-0.39, 0.29) is 34.3 Å². The van der Waals surface area contributed by atoms with E-state index >= 15 is 0 Å². The van der Waals surface area contributed by atoms with E-state index in [1.54, 1.807) is 17.9 Å². The molecule has 0 fully saturated rings. The van der Waals surface area contributed by atoms with Crippen LogP contribution in [0.1, 0.15) is 43.9 Å². The lowest BCUT2D eigenvalue weighted by molar-refractivity contribution is -0.118. The lowest BCUT2D eigenvalue weighted by atomic mass is 9.69. The molecule has 0 spiro atoms. The number of aromatic nitrogens is 3. The highest BCUT2D eigenvalue weighted by atomic mass is 79.9. The number of halogens is 1. The molecule has 10 nitrogen and oxygen atoms in total. The van der Waals surface area contributed by atoms with Crippen molar-refractivity contribution >= 4 is 61.7 Å². The van der Waals surface area contributed by atoms with Crippen LogP contribution in [0.2, 0.25) is 0 Å². The molecule has 1 amide bonds. The van der Waals surface area contributed by atoms with Crippen molar-refractivity contribution in [2.75, 3.05) is 16.0 Å². The zero-order valence-electron chi connectivity index (χ0n) is 21.3. The van der Waals surface area contributed by atoms with E-state index in [9.17, 15) is 14.9 Å². The zero-order chi connectivity index (χ0) is 27.9. The van der Waals surface area contributed by atoms with Crippen molar-refractivity contribution in [3.05, 3.63) is 68.8 Å². The average Bonchev–Trinajstić information content (AvgIpc) is 3.50. The number of nitriles is 1. The van der Waals surface area contributed by atoms with E-state index in [1.165, 1.54) is 23.1 Å². The van der Waals surface area contributed by atoms with Gasteiger partial charge in [0.25, 0.3) is 0 Å². The highest BCUT2D eigenvalue weighted by Gasteiger charge is 2.45. The molecule has 1 unspecified atom stereocenters. The summed E-state index contributed by atoms with van der Waals surface area (Å²) in [6.45, 7) is 5.82. The smallest absolute Gasteiger partial charge is 0.236 e. The van der Waals surface area contributed by atoms with Crippen molar-refractivity contribution < 1.29 is 14.1 Å². The number of carbonyl (C=O) groups is 2. The fraction of sp³-hybridized carbons (Fsp3) is 0.308. The molecule has 3 aromatic rings. The van der Waals surface area contributed by atoms with Gasteiger partial charge >= 0.3 is 0 Å². The van der Waals surface area contributed by atoms with Crippen molar-refractivity contribution in [2.45, 2.75) is 43.9 Å². The van der Waals surface area contributed by atoms with Gasteiger partial charge in [-0.3, -0.25) is 14.5 Å². The molecule has 0 radical (unpaired) electrons. The van der Waals surface area contributed by atoms with Crippen LogP contribution in [-0.4, -0.2) is 32.8 Å². The summed E-state index contributed by atoms with van der Waals surface area (Å²) < 4.78 is 6.35. The molecule has 13 heteroatoms. The summed E-state index contributed by atoms with van der Waals surface area (Å²) >= 11 is 5.96. The van der Waals surface area contributed by atoms with Gasteiger partial charge < -0.3 is 15.6 Å². The molecule has 2 aliphatic rings. The van der Waals surface area contributed by atoms with Crippen LogP contribution in [0.3, 0.4) is 0 Å². The quantitative estimate of drug-likeness (QED) is 0.347. The summed E-state index contributed by atoms with van der Waals surface area (Å²) in [5.41, 5.74) is 8.75. The number of anilines is 2. The van der Waals surface area contributed by atoms with Crippen LogP contribution in [0.4, 0.5) is 10.9 Å². The normalized spacial score (nSPS) is 18.7. The number of rotatable bonds is 6. The van der Waals surface area contributed by atoms with Crippen molar-refractivity contribution in [3.8, 4) is 6.07 Å². The molecule has 5 rings (SSSR count). The van der Waals surface area contributed by atoms with E-state index in [2.05, 4.69) is 42.7 Å². The summed E-state index contributed by atoms with van der Waals surface area (Å²) in [7, 11) is 0. The zero-order valence-corrected chi connectivity index (χ0v) is 24.5. The Bertz CT molecular complexity index is 1580. The third-order valence-electron chi connectivity index (χ3n) is 6.37. The van der Waals surface area contributed by atoms with E-state index in [4.69, 9.17) is 10.3 Å². The molecule has 0 bridgehead atoms. The first-order valence-corrected chi connectivity index (χ1v) is 14.6. The van der Waals surface area contributed by atoms with Crippen LogP contribution in [0, 0.1) is 23.7 Å². The van der Waals surface area contributed by atoms with Gasteiger partial charge in [-0.25, -0.2) is 0 Å². The van der Waals surface area contributed by atoms with Gasteiger partial charge in [0.1, 0.15) is 11.6 Å².